The average molecular weight is 539 g/mol. The van der Waals surface area contributed by atoms with Crippen LogP contribution in [0.2, 0.25) is 5.02 Å². The van der Waals surface area contributed by atoms with E-state index in [1.54, 1.807) is 25.4 Å². The van der Waals surface area contributed by atoms with Gasteiger partial charge in [-0.15, -0.1) is 0 Å². The molecule has 4 aromatic rings. The van der Waals surface area contributed by atoms with Gasteiger partial charge in [0.1, 0.15) is 18.1 Å². The summed E-state index contributed by atoms with van der Waals surface area (Å²) in [6, 6.07) is 12.9. The lowest BCUT2D eigenvalue weighted by molar-refractivity contribution is 0.132. The molecule has 0 radical (unpaired) electrons. The first-order valence-corrected chi connectivity index (χ1v) is 13.2. The predicted octanol–water partition coefficient (Wildman–Crippen LogP) is 5.32. The Morgan fingerprint density at radius 3 is 2.50 bits per heavy atom. The Morgan fingerprint density at radius 2 is 1.79 bits per heavy atom. The molecule has 200 valence electrons. The Labute approximate surface area is 226 Å². The molecule has 0 atom stereocenters. The summed E-state index contributed by atoms with van der Waals surface area (Å²) >= 11 is 6.04. The number of methoxy groups -OCH3 is 1. The first kappa shape index (κ1) is 26.4. The van der Waals surface area contributed by atoms with Gasteiger partial charge in [0.2, 0.25) is 11.8 Å². The van der Waals surface area contributed by atoms with Crippen LogP contribution < -0.4 is 10.1 Å². The number of benzene rings is 2. The molecule has 2 aromatic carbocycles. The molecule has 0 unspecified atom stereocenters. The summed E-state index contributed by atoms with van der Waals surface area (Å²) in [5.41, 5.74) is 4.24. The number of nitrogens with one attached hydrogen (secondary N) is 2. The van der Waals surface area contributed by atoms with Gasteiger partial charge in [-0.05, 0) is 41.9 Å². The van der Waals surface area contributed by atoms with E-state index in [2.05, 4.69) is 49.1 Å². The third-order valence-corrected chi connectivity index (χ3v) is 7.07. The Bertz CT molecular complexity index is 1370. The molecule has 3 heterocycles. The number of anilines is 2. The average Bonchev–Trinajstić information content (AvgIpc) is 3.36. The zero-order chi connectivity index (χ0) is 26.5. The number of H-pyrrole nitrogens is 1. The fourth-order valence-corrected chi connectivity index (χ4v) is 4.80. The molecule has 10 heteroatoms. The third-order valence-electron chi connectivity index (χ3n) is 6.78. The van der Waals surface area contributed by atoms with Gasteiger partial charge in [-0.1, -0.05) is 36.7 Å². The van der Waals surface area contributed by atoms with E-state index >= 15 is 0 Å². The van der Waals surface area contributed by atoms with Crippen LogP contribution in [-0.4, -0.2) is 77.8 Å². The Kier molecular flexibility index (Phi) is 8.38. The lowest BCUT2D eigenvalue weighted by Crippen LogP contribution is -2.45. The molecule has 1 aliphatic heterocycles. The number of hydrogen-bond acceptors (Lipinski definition) is 7. The molecule has 0 aliphatic carbocycles. The van der Waals surface area contributed by atoms with Crippen molar-refractivity contribution in [2.75, 3.05) is 58.4 Å². The smallest absolute Gasteiger partial charge is 0.232 e. The number of fused-ring (bicyclic) bond motifs is 1. The van der Waals surface area contributed by atoms with Crippen molar-refractivity contribution in [3.8, 4) is 17.0 Å². The minimum absolute atomic E-state index is 0.0459. The van der Waals surface area contributed by atoms with Crippen LogP contribution in [0.25, 0.3) is 22.2 Å². The first-order chi connectivity index (χ1) is 18.5. The van der Waals surface area contributed by atoms with Crippen LogP contribution in [-0.2, 0) is 11.3 Å². The van der Waals surface area contributed by atoms with Gasteiger partial charge in [-0.2, -0.15) is 9.97 Å². The standard InChI is InChI=1S/C28H32ClFN6O2/c1-3-35-10-12-36(13-11-35)18-19-4-7-21(8-5-19)32-28-33-26-25(27(34-28)38-15-14-37-2)22(17-31-26)20-6-9-24(30)23(29)16-20/h4-9,16-17H,3,10-15,18H2,1-2H3,(H2,31,32,33,34). The van der Waals surface area contributed by atoms with E-state index in [1.165, 1.54) is 11.6 Å². The summed E-state index contributed by atoms with van der Waals surface area (Å²) in [7, 11) is 1.61. The van der Waals surface area contributed by atoms with Gasteiger partial charge in [0, 0.05) is 57.3 Å². The zero-order valence-corrected chi connectivity index (χ0v) is 22.4. The molecule has 0 saturated carbocycles. The highest BCUT2D eigenvalue weighted by Gasteiger charge is 2.18. The summed E-state index contributed by atoms with van der Waals surface area (Å²) in [5.74, 6) is 0.327. The monoisotopic (exact) mass is 538 g/mol. The highest BCUT2D eigenvalue weighted by molar-refractivity contribution is 6.31. The van der Waals surface area contributed by atoms with Gasteiger partial charge in [-0.3, -0.25) is 4.90 Å². The number of nitrogens with zero attached hydrogens (tertiary/aromatic N) is 4. The van der Waals surface area contributed by atoms with Crippen LogP contribution in [0.3, 0.4) is 0 Å². The van der Waals surface area contributed by atoms with E-state index in [1.807, 2.05) is 12.1 Å². The minimum atomic E-state index is -0.473. The number of aromatic nitrogens is 3. The molecule has 38 heavy (non-hydrogen) atoms. The lowest BCUT2D eigenvalue weighted by atomic mass is 10.1. The molecule has 0 amide bonds. The summed E-state index contributed by atoms with van der Waals surface area (Å²) in [4.78, 5) is 17.5. The van der Waals surface area contributed by atoms with Crippen molar-refractivity contribution >= 4 is 34.3 Å². The van der Waals surface area contributed by atoms with E-state index in [0.29, 0.717) is 36.1 Å². The summed E-state index contributed by atoms with van der Waals surface area (Å²) in [6.07, 6.45) is 1.80. The molecule has 8 nitrogen and oxygen atoms in total. The molecule has 2 aromatic heterocycles. The van der Waals surface area contributed by atoms with Crippen LogP contribution in [0.1, 0.15) is 12.5 Å². The van der Waals surface area contributed by atoms with E-state index in [9.17, 15) is 4.39 Å². The van der Waals surface area contributed by atoms with Crippen molar-refractivity contribution in [1.29, 1.82) is 0 Å². The molecule has 2 N–H and O–H groups in total. The Hall–Kier alpha value is -3.24. The number of hydrogen-bond donors (Lipinski definition) is 2. The van der Waals surface area contributed by atoms with E-state index in [-0.39, 0.29) is 5.02 Å². The molecule has 0 bridgehead atoms. The third kappa shape index (κ3) is 6.07. The van der Waals surface area contributed by atoms with Crippen molar-refractivity contribution in [1.82, 2.24) is 24.8 Å². The number of piperazine rings is 1. The summed E-state index contributed by atoms with van der Waals surface area (Å²) in [5, 5.41) is 4.03. The zero-order valence-electron chi connectivity index (χ0n) is 21.6. The largest absolute Gasteiger partial charge is 0.475 e. The van der Waals surface area contributed by atoms with E-state index in [0.717, 1.165) is 56.1 Å². The molecule has 1 fully saturated rings. The van der Waals surface area contributed by atoms with Crippen molar-refractivity contribution in [2.24, 2.45) is 0 Å². The molecular formula is C28H32ClFN6O2. The highest BCUT2D eigenvalue weighted by atomic mass is 35.5. The summed E-state index contributed by atoms with van der Waals surface area (Å²) in [6.45, 7) is 9.43. The second kappa shape index (κ2) is 12.1. The topological polar surface area (TPSA) is 78.5 Å². The van der Waals surface area contributed by atoms with Gasteiger partial charge in [0.15, 0.2) is 0 Å². The number of halogens is 2. The number of ether oxygens (including phenoxy) is 2. The van der Waals surface area contributed by atoms with Crippen molar-refractivity contribution < 1.29 is 13.9 Å². The van der Waals surface area contributed by atoms with Crippen LogP contribution in [0.5, 0.6) is 5.88 Å². The van der Waals surface area contributed by atoms with Gasteiger partial charge < -0.3 is 24.7 Å². The lowest BCUT2D eigenvalue weighted by Gasteiger charge is -2.34. The first-order valence-electron chi connectivity index (χ1n) is 12.8. The van der Waals surface area contributed by atoms with Crippen LogP contribution in [0, 0.1) is 5.82 Å². The van der Waals surface area contributed by atoms with Crippen molar-refractivity contribution in [3.05, 3.63) is 65.1 Å². The maximum atomic E-state index is 13.8. The van der Waals surface area contributed by atoms with Gasteiger partial charge in [-0.25, -0.2) is 4.39 Å². The van der Waals surface area contributed by atoms with Gasteiger partial charge in [0.05, 0.1) is 17.0 Å². The van der Waals surface area contributed by atoms with E-state index in [4.69, 9.17) is 21.1 Å². The van der Waals surface area contributed by atoms with E-state index < -0.39 is 5.82 Å². The van der Waals surface area contributed by atoms with Gasteiger partial charge >= 0.3 is 0 Å². The Balaban J connectivity index is 1.36. The minimum Gasteiger partial charge on any atom is -0.475 e. The quantitative estimate of drug-likeness (QED) is 0.264. The molecular weight excluding hydrogens is 507 g/mol. The second-order valence-corrected chi connectivity index (χ2v) is 9.69. The Morgan fingerprint density at radius 1 is 1.03 bits per heavy atom. The molecule has 5 rings (SSSR count). The fourth-order valence-electron chi connectivity index (χ4n) is 4.62. The van der Waals surface area contributed by atoms with Crippen molar-refractivity contribution in [2.45, 2.75) is 13.5 Å². The van der Waals surface area contributed by atoms with Crippen LogP contribution in [0.4, 0.5) is 16.0 Å². The maximum Gasteiger partial charge on any atom is 0.232 e. The van der Waals surface area contributed by atoms with Crippen LogP contribution >= 0.6 is 11.6 Å². The SMILES string of the molecule is CCN1CCN(Cc2ccc(Nc3nc(OCCOC)c4c(-c5ccc(F)c(Cl)c5)c[nH]c4n3)cc2)CC1. The maximum absolute atomic E-state index is 13.8. The van der Waals surface area contributed by atoms with Crippen LogP contribution in [0.15, 0.2) is 48.7 Å². The number of rotatable bonds is 10. The number of aromatic amines is 1. The predicted molar refractivity (Wildman–Crippen MR) is 149 cm³/mol. The molecule has 0 spiro atoms. The van der Waals surface area contributed by atoms with Crippen molar-refractivity contribution in [3.63, 3.8) is 0 Å². The highest BCUT2D eigenvalue weighted by Crippen LogP contribution is 2.36. The normalized spacial score (nSPS) is 14.7. The second-order valence-electron chi connectivity index (χ2n) is 9.28. The summed E-state index contributed by atoms with van der Waals surface area (Å²) < 4.78 is 24.9. The fraction of sp³-hybridized carbons (Fsp3) is 0.357. The molecule has 1 aliphatic rings. The van der Waals surface area contributed by atoms with Gasteiger partial charge in [0.25, 0.3) is 0 Å². The number of likely N-dealkylation sites (N-methyl/N-ethyl adjacent to an activating group) is 1. The molecule has 1 saturated heterocycles.